The van der Waals surface area contributed by atoms with Gasteiger partial charge in [-0.15, -0.1) is 0 Å². The van der Waals surface area contributed by atoms with E-state index in [-0.39, 0.29) is 5.92 Å². The lowest BCUT2D eigenvalue weighted by atomic mass is 9.78. The van der Waals surface area contributed by atoms with Gasteiger partial charge in [0.1, 0.15) is 0 Å². The molecule has 0 aromatic rings. The van der Waals surface area contributed by atoms with Gasteiger partial charge >= 0.3 is 0 Å². The summed E-state index contributed by atoms with van der Waals surface area (Å²) in [5.41, 5.74) is 6.07. The highest BCUT2D eigenvalue weighted by molar-refractivity contribution is 5.79. The van der Waals surface area contributed by atoms with Crippen LogP contribution in [0.3, 0.4) is 0 Å². The molecule has 1 aliphatic carbocycles. The molecule has 116 valence electrons. The maximum Gasteiger partial charge on any atom is 0.225 e. The molecular weight excluding hydrogens is 250 g/mol. The van der Waals surface area contributed by atoms with E-state index < -0.39 is 0 Å². The second-order valence-corrected chi connectivity index (χ2v) is 7.02. The van der Waals surface area contributed by atoms with Crippen LogP contribution >= 0.6 is 0 Å². The lowest BCUT2D eigenvalue weighted by Crippen LogP contribution is -2.50. The first-order chi connectivity index (χ1) is 9.49. The summed E-state index contributed by atoms with van der Waals surface area (Å²) in [5.74, 6) is 0.990. The molecule has 2 rings (SSSR count). The Kier molecular flexibility index (Phi) is 5.44. The van der Waals surface area contributed by atoms with Crippen molar-refractivity contribution in [1.29, 1.82) is 0 Å². The maximum atomic E-state index is 12.7. The Hall–Kier alpha value is -0.610. The van der Waals surface area contributed by atoms with Gasteiger partial charge < -0.3 is 15.5 Å². The van der Waals surface area contributed by atoms with E-state index in [0.717, 1.165) is 32.4 Å². The number of amides is 1. The van der Waals surface area contributed by atoms with E-state index in [9.17, 15) is 4.79 Å². The number of carbonyl (C=O) groups excluding carboxylic acids is 1. The van der Waals surface area contributed by atoms with Crippen LogP contribution in [0, 0.1) is 11.8 Å². The largest absolute Gasteiger partial charge is 0.341 e. The highest BCUT2D eigenvalue weighted by Crippen LogP contribution is 2.31. The van der Waals surface area contributed by atoms with Gasteiger partial charge in [0.2, 0.25) is 5.91 Å². The molecule has 1 heterocycles. The van der Waals surface area contributed by atoms with Crippen molar-refractivity contribution in [1.82, 2.24) is 9.80 Å². The Labute approximate surface area is 123 Å². The SMILES string of the molecule is CC(C(=O)N1CCCC(N(C)C)C1)C1CCCC(N)C1. The highest BCUT2D eigenvalue weighted by Gasteiger charge is 2.33. The molecule has 2 fully saturated rings. The third-order valence-corrected chi connectivity index (χ3v) is 5.29. The summed E-state index contributed by atoms with van der Waals surface area (Å²) < 4.78 is 0. The fourth-order valence-electron chi connectivity index (χ4n) is 3.79. The standard InChI is InChI=1S/C16H31N3O/c1-12(13-6-4-7-14(17)10-13)16(20)19-9-5-8-15(11-19)18(2)3/h12-15H,4-11,17H2,1-3H3. The van der Waals surface area contributed by atoms with Crippen LogP contribution < -0.4 is 5.73 Å². The van der Waals surface area contributed by atoms with Crippen molar-refractivity contribution in [2.45, 2.75) is 57.5 Å². The number of hydrogen-bond acceptors (Lipinski definition) is 3. The van der Waals surface area contributed by atoms with E-state index >= 15 is 0 Å². The quantitative estimate of drug-likeness (QED) is 0.856. The first-order valence-electron chi connectivity index (χ1n) is 8.19. The fraction of sp³-hybridized carbons (Fsp3) is 0.938. The lowest BCUT2D eigenvalue weighted by molar-refractivity contribution is -0.139. The number of likely N-dealkylation sites (tertiary alicyclic amines) is 1. The van der Waals surface area contributed by atoms with Crippen molar-refractivity contribution in [3.63, 3.8) is 0 Å². The molecule has 4 unspecified atom stereocenters. The van der Waals surface area contributed by atoms with E-state index in [0.29, 0.717) is 23.9 Å². The fourth-order valence-corrected chi connectivity index (χ4v) is 3.79. The predicted molar refractivity (Wildman–Crippen MR) is 82.4 cm³/mol. The zero-order valence-electron chi connectivity index (χ0n) is 13.3. The highest BCUT2D eigenvalue weighted by atomic mass is 16.2. The van der Waals surface area contributed by atoms with Gasteiger partial charge in [0.05, 0.1) is 0 Å². The third kappa shape index (κ3) is 3.73. The van der Waals surface area contributed by atoms with Gasteiger partial charge in [-0.25, -0.2) is 0 Å². The van der Waals surface area contributed by atoms with Gasteiger partial charge in [-0.2, -0.15) is 0 Å². The predicted octanol–water partition coefficient (Wildman–Crippen LogP) is 1.69. The van der Waals surface area contributed by atoms with E-state index in [2.05, 4.69) is 30.8 Å². The topological polar surface area (TPSA) is 49.6 Å². The number of hydrogen-bond donors (Lipinski definition) is 1. The molecular formula is C16H31N3O. The Morgan fingerprint density at radius 2 is 2.00 bits per heavy atom. The van der Waals surface area contributed by atoms with E-state index in [1.807, 2.05) is 0 Å². The molecule has 1 saturated carbocycles. The monoisotopic (exact) mass is 281 g/mol. The summed E-state index contributed by atoms with van der Waals surface area (Å²) >= 11 is 0. The molecule has 0 spiro atoms. The van der Waals surface area contributed by atoms with Gasteiger partial charge in [-0.05, 0) is 52.1 Å². The Bertz CT molecular complexity index is 328. The number of rotatable bonds is 3. The number of likely N-dealkylation sites (N-methyl/N-ethyl adjacent to an activating group) is 1. The van der Waals surface area contributed by atoms with Crippen LogP contribution in [0.1, 0.15) is 45.4 Å². The average Bonchev–Trinajstić information content (AvgIpc) is 2.45. The molecule has 2 aliphatic rings. The number of nitrogens with zero attached hydrogens (tertiary/aromatic N) is 2. The molecule has 0 aromatic heterocycles. The van der Waals surface area contributed by atoms with Crippen LogP contribution in [0.5, 0.6) is 0 Å². The number of piperidine rings is 1. The second-order valence-electron chi connectivity index (χ2n) is 7.02. The summed E-state index contributed by atoms with van der Waals surface area (Å²) in [6.07, 6.45) is 6.85. The van der Waals surface area contributed by atoms with Crippen molar-refractivity contribution in [2.24, 2.45) is 17.6 Å². The van der Waals surface area contributed by atoms with Crippen LogP contribution in [0.25, 0.3) is 0 Å². The van der Waals surface area contributed by atoms with Crippen LogP contribution in [0.15, 0.2) is 0 Å². The van der Waals surface area contributed by atoms with Gasteiger partial charge in [0.15, 0.2) is 0 Å². The third-order valence-electron chi connectivity index (χ3n) is 5.29. The van der Waals surface area contributed by atoms with Crippen molar-refractivity contribution in [3.8, 4) is 0 Å². The zero-order valence-corrected chi connectivity index (χ0v) is 13.3. The maximum absolute atomic E-state index is 12.7. The zero-order chi connectivity index (χ0) is 14.7. The van der Waals surface area contributed by atoms with Gasteiger partial charge in [-0.1, -0.05) is 13.3 Å². The minimum absolute atomic E-state index is 0.141. The average molecular weight is 281 g/mol. The summed E-state index contributed by atoms with van der Waals surface area (Å²) in [6, 6.07) is 0.827. The molecule has 1 aliphatic heterocycles. The van der Waals surface area contributed by atoms with Crippen LogP contribution in [-0.2, 0) is 4.79 Å². The molecule has 20 heavy (non-hydrogen) atoms. The van der Waals surface area contributed by atoms with Crippen LogP contribution in [0.2, 0.25) is 0 Å². The molecule has 1 amide bonds. The molecule has 2 N–H and O–H groups in total. The summed E-state index contributed by atoms with van der Waals surface area (Å²) in [7, 11) is 4.23. The van der Waals surface area contributed by atoms with Gasteiger partial charge in [0, 0.05) is 31.1 Å². The van der Waals surface area contributed by atoms with Crippen molar-refractivity contribution >= 4 is 5.91 Å². The number of carbonyl (C=O) groups is 1. The molecule has 4 heteroatoms. The summed E-state index contributed by atoms with van der Waals surface area (Å²) in [6.45, 7) is 3.95. The van der Waals surface area contributed by atoms with Crippen LogP contribution in [-0.4, -0.2) is 55.0 Å². The van der Waals surface area contributed by atoms with Gasteiger partial charge in [0.25, 0.3) is 0 Å². The van der Waals surface area contributed by atoms with Crippen LogP contribution in [0.4, 0.5) is 0 Å². The van der Waals surface area contributed by atoms with E-state index in [1.54, 1.807) is 0 Å². The van der Waals surface area contributed by atoms with Crippen molar-refractivity contribution in [2.75, 3.05) is 27.2 Å². The summed E-state index contributed by atoms with van der Waals surface area (Å²) in [5, 5.41) is 0. The first kappa shape index (κ1) is 15.8. The molecule has 0 radical (unpaired) electrons. The summed E-state index contributed by atoms with van der Waals surface area (Å²) in [4.78, 5) is 17.1. The minimum Gasteiger partial charge on any atom is -0.341 e. The normalized spacial score (nSPS) is 33.2. The smallest absolute Gasteiger partial charge is 0.225 e. The molecule has 4 atom stereocenters. The Balaban J connectivity index is 1.92. The molecule has 4 nitrogen and oxygen atoms in total. The minimum atomic E-state index is 0.141. The lowest BCUT2D eigenvalue weighted by Gasteiger charge is -2.39. The van der Waals surface area contributed by atoms with E-state index in [1.165, 1.54) is 19.3 Å². The van der Waals surface area contributed by atoms with E-state index in [4.69, 9.17) is 5.73 Å². The first-order valence-corrected chi connectivity index (χ1v) is 8.19. The Morgan fingerprint density at radius 3 is 2.65 bits per heavy atom. The Morgan fingerprint density at radius 1 is 1.25 bits per heavy atom. The molecule has 1 saturated heterocycles. The molecule has 0 aromatic carbocycles. The second kappa shape index (κ2) is 6.90. The van der Waals surface area contributed by atoms with Crippen molar-refractivity contribution in [3.05, 3.63) is 0 Å². The number of nitrogens with two attached hydrogens (primary N) is 1. The molecule has 0 bridgehead atoms. The van der Waals surface area contributed by atoms with Gasteiger partial charge in [-0.3, -0.25) is 4.79 Å². The van der Waals surface area contributed by atoms with Crippen molar-refractivity contribution < 1.29 is 4.79 Å².